The van der Waals surface area contributed by atoms with E-state index in [9.17, 15) is 22.4 Å². The number of anilines is 1. The number of carbonyl (C=O) groups is 2. The van der Waals surface area contributed by atoms with Gasteiger partial charge in [0.1, 0.15) is 18.4 Å². The minimum atomic E-state index is -4.26. The summed E-state index contributed by atoms with van der Waals surface area (Å²) >= 11 is 12.4. The first-order chi connectivity index (χ1) is 18.2. The lowest BCUT2D eigenvalue weighted by molar-refractivity contribution is -0.140. The molecule has 1 atom stereocenters. The van der Waals surface area contributed by atoms with Crippen molar-refractivity contribution in [3.05, 3.63) is 94.2 Å². The van der Waals surface area contributed by atoms with Gasteiger partial charge in [0.05, 0.1) is 15.6 Å². The van der Waals surface area contributed by atoms with Crippen LogP contribution in [-0.2, 0) is 26.2 Å². The van der Waals surface area contributed by atoms with Gasteiger partial charge in [0.2, 0.25) is 11.8 Å². The largest absolute Gasteiger partial charge is 0.350 e. The van der Waals surface area contributed by atoms with Crippen molar-refractivity contribution in [2.45, 2.75) is 50.7 Å². The second-order valence-electron chi connectivity index (χ2n) is 9.98. The van der Waals surface area contributed by atoms with Crippen molar-refractivity contribution in [2.75, 3.05) is 10.8 Å². The molecule has 3 aromatic carbocycles. The molecule has 0 aliphatic rings. The van der Waals surface area contributed by atoms with E-state index < -0.39 is 45.8 Å². The van der Waals surface area contributed by atoms with Gasteiger partial charge in [-0.3, -0.25) is 13.9 Å². The van der Waals surface area contributed by atoms with Gasteiger partial charge >= 0.3 is 0 Å². The third-order valence-electron chi connectivity index (χ3n) is 5.72. The first kappa shape index (κ1) is 30.4. The summed E-state index contributed by atoms with van der Waals surface area (Å²) in [5, 5.41) is 3.16. The smallest absolute Gasteiger partial charge is 0.264 e. The van der Waals surface area contributed by atoms with Gasteiger partial charge in [-0.1, -0.05) is 53.5 Å². The molecule has 2 amide bonds. The summed E-state index contributed by atoms with van der Waals surface area (Å²) in [5.41, 5.74) is 0.0316. The van der Waals surface area contributed by atoms with E-state index in [4.69, 9.17) is 23.2 Å². The predicted octanol–water partition coefficient (Wildman–Crippen LogP) is 5.66. The lowest BCUT2D eigenvalue weighted by Gasteiger charge is -2.33. The highest BCUT2D eigenvalue weighted by Crippen LogP contribution is 2.33. The molecule has 0 spiro atoms. The van der Waals surface area contributed by atoms with Crippen LogP contribution >= 0.6 is 23.2 Å². The van der Waals surface area contributed by atoms with E-state index in [2.05, 4.69) is 5.32 Å². The van der Waals surface area contributed by atoms with Gasteiger partial charge in [-0.05, 0) is 75.7 Å². The number of rotatable bonds is 9. The fourth-order valence-electron chi connectivity index (χ4n) is 3.76. The highest BCUT2D eigenvalue weighted by molar-refractivity contribution is 7.92. The number of hydrogen-bond donors (Lipinski definition) is 1. The number of hydrogen-bond acceptors (Lipinski definition) is 4. The highest BCUT2D eigenvalue weighted by Gasteiger charge is 2.34. The van der Waals surface area contributed by atoms with Crippen LogP contribution in [0.15, 0.2) is 77.7 Å². The zero-order chi connectivity index (χ0) is 29.0. The van der Waals surface area contributed by atoms with Crippen LogP contribution in [0.5, 0.6) is 0 Å². The Morgan fingerprint density at radius 2 is 1.59 bits per heavy atom. The zero-order valence-electron chi connectivity index (χ0n) is 22.0. The van der Waals surface area contributed by atoms with E-state index in [1.807, 2.05) is 0 Å². The molecule has 0 heterocycles. The number of nitrogens with zero attached hydrogens (tertiary/aromatic N) is 2. The first-order valence-electron chi connectivity index (χ1n) is 12.1. The summed E-state index contributed by atoms with van der Waals surface area (Å²) in [6, 6.07) is 16.4. The average molecular weight is 595 g/mol. The molecule has 0 aliphatic heterocycles. The molecule has 0 saturated heterocycles. The lowest BCUT2D eigenvalue weighted by atomic mass is 10.1. The molecule has 0 aliphatic carbocycles. The molecule has 1 N–H and O–H groups in total. The van der Waals surface area contributed by atoms with Crippen molar-refractivity contribution in [2.24, 2.45) is 0 Å². The Labute approximate surface area is 238 Å². The SMILES string of the molecule is C[C@@H](C(=O)NC(C)(C)C)N(Cc1ccc(F)cc1)C(=O)CN(c1ccc(Cl)cc1Cl)S(=O)(=O)c1ccccc1. The Morgan fingerprint density at radius 3 is 2.15 bits per heavy atom. The molecule has 0 unspecified atom stereocenters. The van der Waals surface area contributed by atoms with Crippen LogP contribution in [0.25, 0.3) is 0 Å². The molecule has 0 saturated carbocycles. The number of nitrogens with one attached hydrogen (secondary N) is 1. The van der Waals surface area contributed by atoms with Crippen molar-refractivity contribution in [1.82, 2.24) is 10.2 Å². The maximum absolute atomic E-state index is 13.9. The van der Waals surface area contributed by atoms with Crippen molar-refractivity contribution >= 4 is 50.7 Å². The molecule has 3 aromatic rings. The highest BCUT2D eigenvalue weighted by atomic mass is 35.5. The van der Waals surface area contributed by atoms with Crippen LogP contribution in [0.4, 0.5) is 10.1 Å². The van der Waals surface area contributed by atoms with E-state index >= 15 is 0 Å². The van der Waals surface area contributed by atoms with Crippen molar-refractivity contribution in [1.29, 1.82) is 0 Å². The maximum Gasteiger partial charge on any atom is 0.264 e. The van der Waals surface area contributed by atoms with Gasteiger partial charge in [-0.15, -0.1) is 0 Å². The maximum atomic E-state index is 13.9. The van der Waals surface area contributed by atoms with Gasteiger partial charge < -0.3 is 10.2 Å². The molecule has 0 fully saturated rings. The molecule has 208 valence electrons. The molecular formula is C28H30Cl2FN3O4S. The van der Waals surface area contributed by atoms with E-state index in [1.165, 1.54) is 59.5 Å². The minimum Gasteiger partial charge on any atom is -0.350 e. The number of halogens is 3. The van der Waals surface area contributed by atoms with E-state index in [0.717, 1.165) is 4.31 Å². The van der Waals surface area contributed by atoms with Gasteiger partial charge in [-0.25, -0.2) is 12.8 Å². The second-order valence-corrected chi connectivity index (χ2v) is 12.7. The van der Waals surface area contributed by atoms with Crippen LogP contribution in [-0.4, -0.2) is 43.3 Å². The van der Waals surface area contributed by atoms with Gasteiger partial charge in [-0.2, -0.15) is 0 Å². The van der Waals surface area contributed by atoms with Crippen molar-refractivity contribution in [3.8, 4) is 0 Å². The molecule has 11 heteroatoms. The lowest BCUT2D eigenvalue weighted by Crippen LogP contribution is -2.54. The fraction of sp³-hybridized carbons (Fsp3) is 0.286. The topological polar surface area (TPSA) is 86.8 Å². The van der Waals surface area contributed by atoms with Crippen LogP contribution in [0.3, 0.4) is 0 Å². The Bertz CT molecular complexity index is 1430. The van der Waals surface area contributed by atoms with E-state index in [0.29, 0.717) is 5.56 Å². The van der Waals surface area contributed by atoms with Crippen LogP contribution in [0, 0.1) is 5.82 Å². The van der Waals surface area contributed by atoms with Crippen LogP contribution < -0.4 is 9.62 Å². The Balaban J connectivity index is 2.05. The van der Waals surface area contributed by atoms with E-state index in [-0.39, 0.29) is 27.2 Å². The van der Waals surface area contributed by atoms with Crippen molar-refractivity contribution < 1.29 is 22.4 Å². The normalized spacial score (nSPS) is 12.5. The monoisotopic (exact) mass is 593 g/mol. The zero-order valence-corrected chi connectivity index (χ0v) is 24.3. The number of amides is 2. The molecule has 0 aromatic heterocycles. The summed E-state index contributed by atoms with van der Waals surface area (Å²) in [5.74, 6) is -1.55. The van der Waals surface area contributed by atoms with Crippen LogP contribution in [0.2, 0.25) is 10.0 Å². The summed E-state index contributed by atoms with van der Waals surface area (Å²) in [6.45, 7) is 6.24. The average Bonchev–Trinajstić information content (AvgIpc) is 2.86. The third kappa shape index (κ3) is 7.94. The molecule has 0 radical (unpaired) electrons. The Kier molecular flexibility index (Phi) is 9.64. The first-order valence-corrected chi connectivity index (χ1v) is 14.3. The quantitative estimate of drug-likeness (QED) is 0.347. The summed E-state index contributed by atoms with van der Waals surface area (Å²) in [7, 11) is -4.26. The molecule has 3 rings (SSSR count). The molecular weight excluding hydrogens is 564 g/mol. The molecule has 39 heavy (non-hydrogen) atoms. The number of sulfonamides is 1. The predicted molar refractivity (Wildman–Crippen MR) is 152 cm³/mol. The molecule has 0 bridgehead atoms. The third-order valence-corrected chi connectivity index (χ3v) is 8.03. The Morgan fingerprint density at radius 1 is 0.974 bits per heavy atom. The van der Waals surface area contributed by atoms with Gasteiger partial charge in [0, 0.05) is 17.1 Å². The summed E-state index contributed by atoms with van der Waals surface area (Å²) in [4.78, 5) is 28.2. The van der Waals surface area contributed by atoms with E-state index in [1.54, 1.807) is 45.9 Å². The summed E-state index contributed by atoms with van der Waals surface area (Å²) < 4.78 is 41.9. The van der Waals surface area contributed by atoms with Crippen molar-refractivity contribution in [3.63, 3.8) is 0 Å². The fourth-order valence-corrected chi connectivity index (χ4v) is 5.77. The summed E-state index contributed by atoms with van der Waals surface area (Å²) in [6.07, 6.45) is 0. The second kappa shape index (κ2) is 12.4. The number of carbonyl (C=O) groups excluding carboxylic acids is 2. The molecule has 7 nitrogen and oxygen atoms in total. The van der Waals surface area contributed by atoms with Gasteiger partial charge in [0.15, 0.2) is 0 Å². The standard InChI is InChI=1S/C28H30Cl2FN3O4S/c1-19(27(36)32-28(2,3)4)33(17-20-10-13-22(31)14-11-20)26(35)18-34(25-15-12-21(29)16-24(25)30)39(37,38)23-8-6-5-7-9-23/h5-16,19H,17-18H2,1-4H3,(H,32,36)/t19-/m0/s1. The van der Waals surface area contributed by atoms with Crippen LogP contribution in [0.1, 0.15) is 33.3 Å². The Hall–Kier alpha value is -3.14. The number of benzene rings is 3. The van der Waals surface area contributed by atoms with Gasteiger partial charge in [0.25, 0.3) is 10.0 Å². The minimum absolute atomic E-state index is 0.0263.